The lowest BCUT2D eigenvalue weighted by molar-refractivity contribution is -0.121. The van der Waals surface area contributed by atoms with Crippen molar-refractivity contribution in [1.29, 1.82) is 0 Å². The fourth-order valence-corrected chi connectivity index (χ4v) is 11.2. The first-order valence-corrected chi connectivity index (χ1v) is 25.9. The molecule has 13 nitrogen and oxygen atoms in total. The Morgan fingerprint density at radius 1 is 0.700 bits per heavy atom. The van der Waals surface area contributed by atoms with Crippen LogP contribution in [0.15, 0.2) is 130 Å². The Bertz CT molecular complexity index is 2840. The smallest absolute Gasteiger partial charge is 0.261 e. The van der Waals surface area contributed by atoms with Gasteiger partial charge in [-0.1, -0.05) is 59.3 Å². The van der Waals surface area contributed by atoms with Gasteiger partial charge in [0.25, 0.3) is 11.8 Å². The first kappa shape index (κ1) is 46.6. The highest BCUT2D eigenvalue weighted by Crippen LogP contribution is 2.42. The molecule has 0 unspecified atom stereocenters. The topological polar surface area (TPSA) is 144 Å². The number of hydrogen-bond acceptors (Lipinski definition) is 12. The number of hydrogen-bond donors (Lipinski definition) is 1. The first-order valence-electron chi connectivity index (χ1n) is 23.5. The molecular weight excluding hydrogens is 921 g/mol. The number of aliphatic imine (C=N–C) groups is 2. The van der Waals surface area contributed by atoms with Gasteiger partial charge in [0.15, 0.2) is 11.5 Å². The number of amides is 3. The number of nitrogens with one attached hydrogen (secondary N) is 1. The van der Waals surface area contributed by atoms with E-state index in [4.69, 9.17) is 28.9 Å². The fourth-order valence-electron chi connectivity index (χ4n) is 9.43. The maximum atomic E-state index is 14.1. The number of para-hydroxylation sites is 2. The van der Waals surface area contributed by atoms with Gasteiger partial charge in [-0.2, -0.15) is 0 Å². The van der Waals surface area contributed by atoms with Crippen molar-refractivity contribution >= 4 is 74.5 Å². The van der Waals surface area contributed by atoms with Crippen LogP contribution >= 0.6 is 21.6 Å². The van der Waals surface area contributed by atoms with E-state index in [0.29, 0.717) is 97.2 Å². The SMILES string of the molecule is COc1cc2c(cc1CCc1cc(COc3cc4c(cc3OC)C(=O)N3c5ccccc5C[C@H]3C=N4)cc(OCCCCC(=O)NCCSSc3ccccn3)c1)N=C[C@@H]1Cc3ccccc3N1C2=O. The molecule has 5 aromatic carbocycles. The molecule has 0 bridgehead atoms. The van der Waals surface area contributed by atoms with E-state index in [9.17, 15) is 14.4 Å². The van der Waals surface area contributed by atoms with Gasteiger partial charge in [0, 0.05) is 67.6 Å². The number of anilines is 2. The molecule has 3 amide bonds. The van der Waals surface area contributed by atoms with Crippen LogP contribution in [-0.2, 0) is 37.1 Å². The number of carbonyl (C=O) groups is 3. The van der Waals surface area contributed by atoms with Gasteiger partial charge >= 0.3 is 0 Å². The Labute approximate surface area is 415 Å². The van der Waals surface area contributed by atoms with Crippen LogP contribution in [0, 0.1) is 0 Å². The lowest BCUT2D eigenvalue weighted by Gasteiger charge is -2.22. The molecule has 356 valence electrons. The Morgan fingerprint density at radius 2 is 1.36 bits per heavy atom. The van der Waals surface area contributed by atoms with Gasteiger partial charge in [-0.3, -0.25) is 34.2 Å². The number of aryl methyl sites for hydroxylation is 2. The predicted molar refractivity (Wildman–Crippen MR) is 277 cm³/mol. The van der Waals surface area contributed by atoms with Gasteiger partial charge in [0.2, 0.25) is 5.91 Å². The van der Waals surface area contributed by atoms with Crippen LogP contribution in [0.1, 0.15) is 67.8 Å². The largest absolute Gasteiger partial charge is 0.496 e. The van der Waals surface area contributed by atoms with Crippen molar-refractivity contribution < 1.29 is 33.3 Å². The molecule has 4 aliphatic heterocycles. The molecule has 0 fully saturated rings. The van der Waals surface area contributed by atoms with Crippen molar-refractivity contribution in [2.75, 3.05) is 42.9 Å². The second-order valence-electron chi connectivity index (χ2n) is 17.4. The number of carbonyl (C=O) groups excluding carboxylic acids is 3. The second kappa shape index (κ2) is 21.3. The van der Waals surface area contributed by atoms with Gasteiger partial charge in [-0.15, -0.1) is 0 Å². The number of aromatic nitrogens is 1. The summed E-state index contributed by atoms with van der Waals surface area (Å²) in [7, 11) is 6.45. The Kier molecular flexibility index (Phi) is 14.2. The summed E-state index contributed by atoms with van der Waals surface area (Å²) in [5.74, 6) is 2.75. The van der Waals surface area contributed by atoms with Crippen LogP contribution < -0.4 is 34.1 Å². The van der Waals surface area contributed by atoms with Gasteiger partial charge in [0.05, 0.1) is 55.4 Å². The lowest BCUT2D eigenvalue weighted by atomic mass is 9.99. The minimum absolute atomic E-state index is 0.0211. The number of fused-ring (bicyclic) bond motifs is 8. The van der Waals surface area contributed by atoms with Crippen LogP contribution in [0.3, 0.4) is 0 Å². The third kappa shape index (κ3) is 10.1. The Balaban J connectivity index is 0.830. The van der Waals surface area contributed by atoms with E-state index in [1.165, 1.54) is 0 Å². The molecule has 4 aliphatic rings. The van der Waals surface area contributed by atoms with E-state index >= 15 is 0 Å². The number of ether oxygens (including phenoxy) is 4. The average Bonchev–Trinajstić information content (AvgIpc) is 3.88. The summed E-state index contributed by atoms with van der Waals surface area (Å²) in [6, 6.07) is 34.8. The maximum absolute atomic E-state index is 14.1. The van der Waals surface area contributed by atoms with Crippen molar-refractivity contribution in [1.82, 2.24) is 10.3 Å². The minimum Gasteiger partial charge on any atom is -0.496 e. The summed E-state index contributed by atoms with van der Waals surface area (Å²) >= 11 is 0. The average molecular weight is 973 g/mol. The zero-order chi connectivity index (χ0) is 48.0. The molecule has 1 aromatic heterocycles. The van der Waals surface area contributed by atoms with Crippen molar-refractivity contribution in [2.24, 2.45) is 9.98 Å². The van der Waals surface area contributed by atoms with Crippen molar-refractivity contribution in [2.45, 2.75) is 68.7 Å². The first-order chi connectivity index (χ1) is 34.3. The molecule has 0 radical (unpaired) electrons. The van der Waals surface area contributed by atoms with Crippen molar-refractivity contribution in [3.8, 4) is 23.0 Å². The zero-order valence-corrected chi connectivity index (χ0v) is 40.6. The molecule has 0 spiro atoms. The monoisotopic (exact) mass is 972 g/mol. The zero-order valence-electron chi connectivity index (χ0n) is 39.0. The minimum atomic E-state index is -0.181. The van der Waals surface area contributed by atoms with Gasteiger partial charge in [-0.05, 0) is 119 Å². The van der Waals surface area contributed by atoms with E-state index in [0.717, 1.165) is 56.4 Å². The summed E-state index contributed by atoms with van der Waals surface area (Å²) in [4.78, 5) is 58.3. The van der Waals surface area contributed by atoms with Crippen molar-refractivity contribution in [3.05, 3.63) is 154 Å². The predicted octanol–water partition coefficient (Wildman–Crippen LogP) is 10.1. The van der Waals surface area contributed by atoms with Crippen LogP contribution in [0.25, 0.3) is 0 Å². The second-order valence-corrected chi connectivity index (χ2v) is 19.8. The number of pyridine rings is 1. The summed E-state index contributed by atoms with van der Waals surface area (Å²) in [5, 5.41) is 3.96. The summed E-state index contributed by atoms with van der Waals surface area (Å²) in [5.41, 5.74) is 8.95. The molecule has 70 heavy (non-hydrogen) atoms. The van der Waals surface area contributed by atoms with Crippen LogP contribution in [-0.4, -0.2) is 80.3 Å². The molecule has 1 N–H and O–H groups in total. The number of rotatable bonds is 19. The van der Waals surface area contributed by atoms with E-state index < -0.39 is 0 Å². The third-order valence-electron chi connectivity index (χ3n) is 12.8. The molecular formula is C55H52N6O7S2. The van der Waals surface area contributed by atoms with Gasteiger partial charge in [-0.25, -0.2) is 4.98 Å². The third-order valence-corrected chi connectivity index (χ3v) is 15.1. The molecule has 15 heteroatoms. The highest BCUT2D eigenvalue weighted by Gasteiger charge is 2.38. The lowest BCUT2D eigenvalue weighted by Crippen LogP contribution is -2.37. The number of benzene rings is 5. The molecule has 2 atom stereocenters. The molecule has 6 aromatic rings. The van der Waals surface area contributed by atoms with Crippen LogP contribution in [0.4, 0.5) is 22.7 Å². The van der Waals surface area contributed by atoms with Crippen LogP contribution in [0.2, 0.25) is 0 Å². The van der Waals surface area contributed by atoms with E-state index in [1.807, 2.05) is 101 Å². The van der Waals surface area contributed by atoms with E-state index in [1.54, 1.807) is 54.1 Å². The van der Waals surface area contributed by atoms with Gasteiger partial charge in [0.1, 0.15) is 23.1 Å². The fraction of sp³-hybridized carbons (Fsp3) is 0.273. The molecule has 0 saturated carbocycles. The molecule has 5 heterocycles. The number of nitrogens with zero attached hydrogens (tertiary/aromatic N) is 5. The number of unbranched alkanes of at least 4 members (excludes halogenated alkanes) is 1. The summed E-state index contributed by atoms with van der Waals surface area (Å²) in [6.07, 6.45) is 9.93. The quantitative estimate of drug-likeness (QED) is 0.0615. The molecule has 0 aliphatic carbocycles. The summed E-state index contributed by atoms with van der Waals surface area (Å²) in [6.45, 7) is 1.19. The highest BCUT2D eigenvalue weighted by atomic mass is 33.1. The van der Waals surface area contributed by atoms with Gasteiger partial charge < -0.3 is 24.3 Å². The van der Waals surface area contributed by atoms with E-state index in [2.05, 4.69) is 28.5 Å². The normalized spacial score (nSPS) is 16.0. The number of methoxy groups -OCH3 is 2. The standard InChI is InChI=1S/C55H52N6O7S2/c1-65-49-29-43-45(58-32-40-26-37-11-3-5-13-47(37)60(40)54(43)63)28-39(49)18-17-35-23-36(25-42(24-35)67-21-10-8-15-52(62)56-20-22-69-70-53-16-7-9-19-57-53)34-68-51-31-46-44(30-50(51)66-2)55(64)61-41(33-59-46)27-38-12-4-6-14-48(38)61/h3-7,9,11-14,16,19,23-25,28-33,40-41H,8,10,15,17-18,20-22,26-27,34H2,1-2H3,(H,56,62)/t40-,41-/m0/s1. The highest BCUT2D eigenvalue weighted by molar-refractivity contribution is 8.76. The summed E-state index contributed by atoms with van der Waals surface area (Å²) < 4.78 is 24.6. The molecule has 10 rings (SSSR count). The Morgan fingerprint density at radius 3 is 2.04 bits per heavy atom. The maximum Gasteiger partial charge on any atom is 0.261 e. The van der Waals surface area contributed by atoms with E-state index in [-0.39, 0.29) is 36.4 Å². The Hall–Kier alpha value is -7.10. The molecule has 0 saturated heterocycles. The van der Waals surface area contributed by atoms with Crippen molar-refractivity contribution in [3.63, 3.8) is 0 Å². The van der Waals surface area contributed by atoms with Crippen LogP contribution in [0.5, 0.6) is 23.0 Å².